The zero-order chi connectivity index (χ0) is 22.9. The van der Waals surface area contributed by atoms with Gasteiger partial charge in [-0.3, -0.25) is 4.79 Å². The maximum Gasteiger partial charge on any atom is 0.192 e. The number of thioether (sulfide) groups is 1. The van der Waals surface area contributed by atoms with Gasteiger partial charge in [-0.15, -0.1) is 0 Å². The number of benzene rings is 3. The highest BCUT2D eigenvalue weighted by molar-refractivity contribution is 8.14. The molecule has 0 aromatic heterocycles. The van der Waals surface area contributed by atoms with Crippen LogP contribution in [0, 0.1) is 20.8 Å². The molecule has 0 aliphatic rings. The number of rotatable bonds is 5. The first-order valence-electron chi connectivity index (χ1n) is 10.4. The molecule has 3 rings (SSSR count). The molecule has 1 N–H and O–H groups in total. The summed E-state index contributed by atoms with van der Waals surface area (Å²) in [5.41, 5.74) is 3.60. The summed E-state index contributed by atoms with van der Waals surface area (Å²) in [5.74, 6) is 0. The predicted octanol–water partition coefficient (Wildman–Crippen LogP) is 6.41. The smallest absolute Gasteiger partial charge is 0.192 e. The molecule has 0 aliphatic carbocycles. The summed E-state index contributed by atoms with van der Waals surface area (Å²) in [7, 11) is -1.50. The molecule has 5 heteroatoms. The zero-order valence-electron chi connectivity index (χ0n) is 19.0. The van der Waals surface area contributed by atoms with E-state index in [9.17, 15) is 14.1 Å². The summed E-state index contributed by atoms with van der Waals surface area (Å²) in [5, 5.41) is 12.8. The zero-order valence-corrected chi connectivity index (χ0v) is 20.6. The fourth-order valence-electron chi connectivity index (χ4n) is 3.94. The van der Waals surface area contributed by atoms with Crippen molar-refractivity contribution in [2.24, 2.45) is 0 Å². The van der Waals surface area contributed by atoms with Crippen LogP contribution in [0.1, 0.15) is 55.5 Å². The molecule has 0 saturated heterocycles. The van der Waals surface area contributed by atoms with Crippen molar-refractivity contribution in [3.63, 3.8) is 0 Å². The first-order chi connectivity index (χ1) is 14.5. The van der Waals surface area contributed by atoms with E-state index in [1.54, 1.807) is 0 Å². The highest BCUT2D eigenvalue weighted by atomic mass is 32.2. The van der Waals surface area contributed by atoms with E-state index in [1.807, 2.05) is 90.1 Å². The molecule has 0 amide bonds. The predicted molar refractivity (Wildman–Crippen MR) is 131 cm³/mol. The van der Waals surface area contributed by atoms with E-state index in [0.717, 1.165) is 32.4 Å². The molecule has 0 spiro atoms. The van der Waals surface area contributed by atoms with Crippen LogP contribution in [-0.2, 0) is 15.6 Å². The van der Waals surface area contributed by atoms with Crippen LogP contribution in [0.4, 0.5) is 0 Å². The standard InChI is InChI=1S/C26H30O3S2/c1-16-13-17(2)24(18(3)14-16)31(29)25-20-10-8-7-9-19(20)11-12-21(25)22(27)15-23(28)30-26(4,5)6/h7-14,22,27H,15H2,1-6H3/t22?,31-/m1/s1. The van der Waals surface area contributed by atoms with E-state index in [-0.39, 0.29) is 16.3 Å². The van der Waals surface area contributed by atoms with E-state index in [0.29, 0.717) is 10.5 Å². The Morgan fingerprint density at radius 2 is 1.61 bits per heavy atom. The third-order valence-corrected chi connectivity index (χ3v) is 7.87. The first-order valence-corrected chi connectivity index (χ1v) is 12.4. The fraction of sp³-hybridized carbons (Fsp3) is 0.346. The molecule has 0 heterocycles. The fourth-order valence-corrected chi connectivity index (χ4v) is 6.58. The van der Waals surface area contributed by atoms with Crippen LogP contribution in [0.25, 0.3) is 10.8 Å². The van der Waals surface area contributed by atoms with E-state index in [2.05, 4.69) is 0 Å². The molecule has 164 valence electrons. The van der Waals surface area contributed by atoms with Crippen molar-refractivity contribution in [3.8, 4) is 0 Å². The third kappa shape index (κ3) is 5.46. The monoisotopic (exact) mass is 454 g/mol. The molecule has 0 fully saturated rings. The van der Waals surface area contributed by atoms with Gasteiger partial charge in [0.05, 0.1) is 21.8 Å². The van der Waals surface area contributed by atoms with Gasteiger partial charge in [-0.1, -0.05) is 86.6 Å². The van der Waals surface area contributed by atoms with E-state index < -0.39 is 16.9 Å². The molecule has 0 radical (unpaired) electrons. The summed E-state index contributed by atoms with van der Waals surface area (Å²) in [6.45, 7) is 11.9. The highest BCUT2D eigenvalue weighted by Crippen LogP contribution is 2.37. The Labute approximate surface area is 191 Å². The van der Waals surface area contributed by atoms with Crippen LogP contribution in [0.15, 0.2) is 58.3 Å². The lowest BCUT2D eigenvalue weighted by Crippen LogP contribution is -2.15. The molecular weight excluding hydrogens is 424 g/mol. The Morgan fingerprint density at radius 1 is 1.00 bits per heavy atom. The van der Waals surface area contributed by atoms with Crippen LogP contribution in [0.2, 0.25) is 0 Å². The van der Waals surface area contributed by atoms with Gasteiger partial charge in [-0.05, 0) is 48.2 Å². The second kappa shape index (κ2) is 9.27. The van der Waals surface area contributed by atoms with E-state index in [4.69, 9.17) is 0 Å². The maximum absolute atomic E-state index is 14.0. The van der Waals surface area contributed by atoms with Gasteiger partial charge < -0.3 is 5.11 Å². The topological polar surface area (TPSA) is 54.4 Å². The average Bonchev–Trinajstić information content (AvgIpc) is 2.64. The second-order valence-corrected chi connectivity index (χ2v) is 12.2. The molecule has 0 aliphatic heterocycles. The van der Waals surface area contributed by atoms with Crippen molar-refractivity contribution in [1.82, 2.24) is 0 Å². The first kappa shape index (κ1) is 23.7. The van der Waals surface area contributed by atoms with E-state index >= 15 is 0 Å². The molecular formula is C26H30O3S2. The Morgan fingerprint density at radius 3 is 2.23 bits per heavy atom. The number of fused-ring (bicyclic) bond motifs is 1. The summed E-state index contributed by atoms with van der Waals surface area (Å²) >= 11 is 1.23. The summed E-state index contributed by atoms with van der Waals surface area (Å²) < 4.78 is 13.7. The number of aryl methyl sites for hydroxylation is 3. The lowest BCUT2D eigenvalue weighted by molar-refractivity contribution is -0.112. The van der Waals surface area contributed by atoms with Crippen LogP contribution in [-0.4, -0.2) is 19.2 Å². The van der Waals surface area contributed by atoms with Crippen LogP contribution in [0.5, 0.6) is 0 Å². The molecule has 3 aromatic rings. The van der Waals surface area contributed by atoms with Crippen LogP contribution < -0.4 is 0 Å². The second-order valence-electron chi connectivity index (χ2n) is 9.01. The van der Waals surface area contributed by atoms with Gasteiger partial charge in [0.1, 0.15) is 0 Å². The van der Waals surface area contributed by atoms with Gasteiger partial charge in [-0.25, -0.2) is 4.21 Å². The molecule has 3 nitrogen and oxygen atoms in total. The van der Waals surface area contributed by atoms with Gasteiger partial charge in [-0.2, -0.15) is 0 Å². The number of carbonyl (C=O) groups is 1. The number of hydrogen-bond donors (Lipinski definition) is 1. The molecule has 1 unspecified atom stereocenters. The Kier molecular flexibility index (Phi) is 7.09. The number of aliphatic hydroxyl groups is 1. The average molecular weight is 455 g/mol. The lowest BCUT2D eigenvalue weighted by atomic mass is 10.0. The van der Waals surface area contributed by atoms with Crippen LogP contribution >= 0.6 is 11.8 Å². The SMILES string of the molecule is Cc1cc(C)c([S@@](=O)c2c(C(O)CC(=O)SC(C)(C)C)ccc3ccccc23)c(C)c1. The van der Waals surface area contributed by atoms with Crippen molar-refractivity contribution in [2.45, 2.75) is 68.6 Å². The Hall–Kier alpha value is -1.95. The van der Waals surface area contributed by atoms with E-state index in [1.165, 1.54) is 11.8 Å². The number of hydrogen-bond acceptors (Lipinski definition) is 4. The molecule has 31 heavy (non-hydrogen) atoms. The lowest BCUT2D eigenvalue weighted by Gasteiger charge is -2.21. The van der Waals surface area contributed by atoms with Gasteiger partial charge in [0.25, 0.3) is 0 Å². The summed E-state index contributed by atoms with van der Waals surface area (Å²) in [6, 6.07) is 15.6. The minimum absolute atomic E-state index is 0.0175. The van der Waals surface area contributed by atoms with Gasteiger partial charge in [0.15, 0.2) is 5.12 Å². The van der Waals surface area contributed by atoms with Crippen molar-refractivity contribution < 1.29 is 14.1 Å². The van der Waals surface area contributed by atoms with Gasteiger partial charge in [0, 0.05) is 16.1 Å². The Balaban J connectivity index is 2.13. The highest BCUT2D eigenvalue weighted by Gasteiger charge is 2.26. The summed E-state index contributed by atoms with van der Waals surface area (Å²) in [6.07, 6.45) is -1.03. The van der Waals surface area contributed by atoms with Crippen molar-refractivity contribution in [3.05, 3.63) is 70.8 Å². The molecule has 0 bridgehead atoms. The molecule has 0 saturated carbocycles. The quantitative estimate of drug-likeness (QED) is 0.484. The van der Waals surface area contributed by atoms with Crippen molar-refractivity contribution >= 4 is 38.4 Å². The number of carbonyl (C=O) groups excluding carboxylic acids is 1. The normalized spacial score (nSPS) is 13.9. The maximum atomic E-state index is 14.0. The number of aliphatic hydroxyl groups excluding tert-OH is 1. The van der Waals surface area contributed by atoms with Gasteiger partial charge in [0.2, 0.25) is 0 Å². The van der Waals surface area contributed by atoms with Crippen molar-refractivity contribution in [2.75, 3.05) is 0 Å². The third-order valence-electron chi connectivity index (χ3n) is 5.02. The molecule has 3 aromatic carbocycles. The van der Waals surface area contributed by atoms with Crippen molar-refractivity contribution in [1.29, 1.82) is 0 Å². The largest absolute Gasteiger partial charge is 0.388 e. The van der Waals surface area contributed by atoms with Gasteiger partial charge >= 0.3 is 0 Å². The minimum atomic E-state index is -1.50. The Bertz CT molecular complexity index is 1140. The molecule has 2 atom stereocenters. The summed E-state index contributed by atoms with van der Waals surface area (Å²) in [4.78, 5) is 13.9. The van der Waals surface area contributed by atoms with Crippen LogP contribution in [0.3, 0.4) is 0 Å². The minimum Gasteiger partial charge on any atom is -0.388 e.